The lowest BCUT2D eigenvalue weighted by Crippen LogP contribution is -2.52. The summed E-state index contributed by atoms with van der Waals surface area (Å²) in [5.41, 5.74) is -0.607. The van der Waals surface area contributed by atoms with Crippen molar-refractivity contribution in [3.63, 3.8) is 0 Å². The molecule has 0 bridgehead atoms. The predicted octanol–water partition coefficient (Wildman–Crippen LogP) is 2.12. The maximum absolute atomic E-state index is 11.6. The van der Waals surface area contributed by atoms with Crippen molar-refractivity contribution in [2.24, 2.45) is 0 Å². The van der Waals surface area contributed by atoms with Gasteiger partial charge < -0.3 is 9.74 Å². The smallest absolute Gasteiger partial charge is 0.321 e. The monoisotopic (exact) mass is 275 g/mol. The summed E-state index contributed by atoms with van der Waals surface area (Å²) in [6, 6.07) is 0.861. The molecule has 1 fully saturated rings. The highest BCUT2D eigenvalue weighted by Crippen LogP contribution is 2.45. The molecular formula is C12H25NO4Si. The Labute approximate surface area is 110 Å². The molecule has 0 aromatic heterocycles. The van der Waals surface area contributed by atoms with E-state index in [1.54, 1.807) is 0 Å². The van der Waals surface area contributed by atoms with Crippen LogP contribution in [0.1, 0.15) is 40.0 Å². The van der Waals surface area contributed by atoms with Crippen molar-refractivity contribution >= 4 is 14.3 Å². The van der Waals surface area contributed by atoms with Crippen molar-refractivity contribution in [1.29, 1.82) is 0 Å². The molecule has 6 heteroatoms. The number of hydrogen-bond acceptors (Lipinski definition) is 5. The Kier molecular flexibility index (Phi) is 5.77. The third-order valence-corrected chi connectivity index (χ3v) is 7.56. The molecule has 1 aliphatic rings. The van der Waals surface area contributed by atoms with Gasteiger partial charge in [-0.25, -0.2) is 0 Å². The van der Waals surface area contributed by atoms with E-state index in [4.69, 9.17) is 14.2 Å². The minimum Gasteiger partial charge on any atom is -0.513 e. The van der Waals surface area contributed by atoms with Crippen molar-refractivity contribution in [2.75, 3.05) is 13.1 Å². The Balaban J connectivity index is 2.60. The molecule has 18 heavy (non-hydrogen) atoms. The van der Waals surface area contributed by atoms with E-state index in [1.165, 1.54) is 0 Å². The van der Waals surface area contributed by atoms with Gasteiger partial charge in [0.2, 0.25) is 0 Å². The molecule has 1 rings (SSSR count). The van der Waals surface area contributed by atoms with Gasteiger partial charge >= 0.3 is 8.32 Å². The molecule has 1 unspecified atom stereocenters. The van der Waals surface area contributed by atoms with Crippen LogP contribution in [0.3, 0.4) is 0 Å². The summed E-state index contributed by atoms with van der Waals surface area (Å²) in [7, 11) is -2.33. The van der Waals surface area contributed by atoms with Gasteiger partial charge in [0.25, 0.3) is 11.4 Å². The molecule has 0 radical (unpaired) electrons. The standard InChI is InChI=1S/C12H25NO4Si/c1-5-11(14)15-18(4,10-8-9-13-7-3)12(6-2)16-17-12/h13H,5-10H2,1-4H3. The van der Waals surface area contributed by atoms with E-state index in [9.17, 15) is 4.79 Å². The van der Waals surface area contributed by atoms with Gasteiger partial charge in [-0.2, -0.15) is 9.78 Å². The predicted molar refractivity (Wildman–Crippen MR) is 71.2 cm³/mol. The summed E-state index contributed by atoms with van der Waals surface area (Å²) in [4.78, 5) is 21.9. The average Bonchev–Trinajstić information content (AvgIpc) is 3.16. The normalized spacial score (nSPS) is 20.2. The van der Waals surface area contributed by atoms with Gasteiger partial charge in [-0.05, 0) is 32.1 Å². The first-order chi connectivity index (χ1) is 8.53. The zero-order valence-corrected chi connectivity index (χ0v) is 12.9. The lowest BCUT2D eigenvalue weighted by Gasteiger charge is -2.29. The molecule has 1 heterocycles. The molecule has 0 aromatic carbocycles. The van der Waals surface area contributed by atoms with E-state index in [0.717, 1.165) is 32.0 Å². The van der Waals surface area contributed by atoms with Crippen molar-refractivity contribution in [3.8, 4) is 0 Å². The zero-order valence-electron chi connectivity index (χ0n) is 11.9. The van der Waals surface area contributed by atoms with E-state index >= 15 is 0 Å². The van der Waals surface area contributed by atoms with Crippen LogP contribution in [0, 0.1) is 0 Å². The summed E-state index contributed by atoms with van der Waals surface area (Å²) in [6.45, 7) is 9.81. The molecule has 0 aromatic rings. The van der Waals surface area contributed by atoms with Crippen LogP contribution < -0.4 is 5.32 Å². The fraction of sp³-hybridized carbons (Fsp3) is 0.917. The van der Waals surface area contributed by atoms with Crippen LogP contribution >= 0.6 is 0 Å². The highest BCUT2D eigenvalue weighted by molar-refractivity contribution is 6.76. The zero-order chi connectivity index (χ0) is 13.6. The quantitative estimate of drug-likeness (QED) is 0.302. The Morgan fingerprint density at radius 2 is 2.00 bits per heavy atom. The SMILES string of the molecule is CCNCCC[Si](C)(OC(=O)CC)C1(CC)OO1. The molecule has 0 saturated carbocycles. The van der Waals surface area contributed by atoms with Gasteiger partial charge in [0, 0.05) is 12.8 Å². The minimum absolute atomic E-state index is 0.153. The maximum atomic E-state index is 11.6. The van der Waals surface area contributed by atoms with E-state index in [-0.39, 0.29) is 5.97 Å². The molecule has 1 N–H and O–H groups in total. The third kappa shape index (κ3) is 3.54. The van der Waals surface area contributed by atoms with Crippen LogP contribution in [-0.4, -0.2) is 32.8 Å². The van der Waals surface area contributed by atoms with Crippen molar-refractivity contribution in [3.05, 3.63) is 0 Å². The van der Waals surface area contributed by atoms with Crippen molar-refractivity contribution in [1.82, 2.24) is 5.32 Å². The Hall–Kier alpha value is -0.433. The first-order valence-electron chi connectivity index (χ1n) is 6.83. The van der Waals surface area contributed by atoms with Crippen LogP contribution in [0.4, 0.5) is 0 Å². The third-order valence-electron chi connectivity index (χ3n) is 3.44. The Bertz CT molecular complexity index is 283. The van der Waals surface area contributed by atoms with Crippen molar-refractivity contribution in [2.45, 2.75) is 58.0 Å². The fourth-order valence-corrected chi connectivity index (χ4v) is 5.37. The number of nitrogens with one attached hydrogen (secondary N) is 1. The van der Waals surface area contributed by atoms with E-state index in [0.29, 0.717) is 6.42 Å². The average molecular weight is 275 g/mol. The van der Waals surface area contributed by atoms with Gasteiger partial charge in [-0.15, -0.1) is 0 Å². The summed E-state index contributed by atoms with van der Waals surface area (Å²) in [6.07, 6.45) is 2.10. The number of hydrogen-bond donors (Lipinski definition) is 1. The number of carbonyl (C=O) groups is 1. The molecule has 0 amide bonds. The summed E-state index contributed by atoms with van der Waals surface area (Å²) in [5, 5.41) is 3.28. The minimum atomic E-state index is -2.33. The highest BCUT2D eigenvalue weighted by Gasteiger charge is 2.66. The Morgan fingerprint density at radius 1 is 1.33 bits per heavy atom. The first kappa shape index (κ1) is 15.6. The first-order valence-corrected chi connectivity index (χ1v) is 9.44. The van der Waals surface area contributed by atoms with Crippen LogP contribution in [0.25, 0.3) is 0 Å². The van der Waals surface area contributed by atoms with Crippen LogP contribution in [0.5, 0.6) is 0 Å². The van der Waals surface area contributed by atoms with Gasteiger partial charge in [-0.3, -0.25) is 4.79 Å². The van der Waals surface area contributed by atoms with E-state index in [2.05, 4.69) is 12.2 Å². The van der Waals surface area contributed by atoms with Crippen LogP contribution in [0.15, 0.2) is 0 Å². The van der Waals surface area contributed by atoms with Gasteiger partial charge in [0.05, 0.1) is 0 Å². The van der Waals surface area contributed by atoms with Crippen molar-refractivity contribution < 1.29 is 19.0 Å². The number of rotatable bonds is 9. The van der Waals surface area contributed by atoms with Crippen LogP contribution in [-0.2, 0) is 19.0 Å². The highest BCUT2D eigenvalue weighted by atomic mass is 28.4. The lowest BCUT2D eigenvalue weighted by atomic mass is 10.5. The molecular weight excluding hydrogens is 250 g/mol. The van der Waals surface area contributed by atoms with Crippen LogP contribution in [0.2, 0.25) is 12.6 Å². The van der Waals surface area contributed by atoms with Gasteiger partial charge in [0.15, 0.2) is 0 Å². The largest absolute Gasteiger partial charge is 0.513 e. The second kappa shape index (κ2) is 6.65. The molecule has 0 aliphatic carbocycles. The topological polar surface area (TPSA) is 63.4 Å². The number of carbonyl (C=O) groups excluding carboxylic acids is 1. The fourth-order valence-electron chi connectivity index (χ4n) is 2.09. The Morgan fingerprint density at radius 3 is 2.44 bits per heavy atom. The molecule has 0 spiro atoms. The lowest BCUT2D eigenvalue weighted by molar-refractivity contribution is -0.135. The van der Waals surface area contributed by atoms with Gasteiger partial charge in [0.1, 0.15) is 0 Å². The second-order valence-electron chi connectivity index (χ2n) is 4.79. The summed E-state index contributed by atoms with van der Waals surface area (Å²) in [5.74, 6) is -0.153. The van der Waals surface area contributed by atoms with E-state index in [1.807, 2.05) is 20.4 Å². The molecule has 1 atom stereocenters. The molecule has 1 saturated heterocycles. The van der Waals surface area contributed by atoms with Gasteiger partial charge in [-0.1, -0.05) is 20.8 Å². The summed E-state index contributed by atoms with van der Waals surface area (Å²) >= 11 is 0. The second-order valence-corrected chi connectivity index (χ2v) is 8.72. The molecule has 5 nitrogen and oxygen atoms in total. The molecule has 106 valence electrons. The molecule has 1 aliphatic heterocycles. The van der Waals surface area contributed by atoms with E-state index < -0.39 is 13.7 Å². The maximum Gasteiger partial charge on any atom is 0.321 e. The summed E-state index contributed by atoms with van der Waals surface area (Å²) < 4.78 is 5.71.